The molecule has 34 heavy (non-hydrogen) atoms. The number of nitrogens with zero attached hydrogens (tertiary/aromatic N) is 1. The van der Waals surface area contributed by atoms with E-state index in [0.717, 1.165) is 44.1 Å². The molecule has 1 N–H and O–H groups in total. The van der Waals surface area contributed by atoms with Crippen LogP contribution in [0.25, 0.3) is 21.9 Å². The molecule has 0 atom stereocenters. The number of carbonyl (C=O) groups excluding carboxylic acids is 3. The van der Waals surface area contributed by atoms with E-state index in [1.807, 2.05) is 0 Å². The van der Waals surface area contributed by atoms with Gasteiger partial charge in [0.2, 0.25) is 5.43 Å². The molecule has 2 aliphatic rings. The van der Waals surface area contributed by atoms with Gasteiger partial charge in [-0.2, -0.15) is 0 Å². The second-order valence-electron chi connectivity index (χ2n) is 8.64. The van der Waals surface area contributed by atoms with Crippen LogP contribution in [0.3, 0.4) is 0 Å². The van der Waals surface area contributed by atoms with E-state index < -0.39 is 23.2 Å². The third kappa shape index (κ3) is 3.14. The number of nitrogens with one attached hydrogen (secondary N) is 1. The summed E-state index contributed by atoms with van der Waals surface area (Å²) in [6.07, 6.45) is 4.92. The molecule has 2 heterocycles. The molecule has 0 spiro atoms. The van der Waals surface area contributed by atoms with Crippen LogP contribution in [-0.2, 0) is 4.74 Å². The Morgan fingerprint density at radius 2 is 1.76 bits per heavy atom. The molecule has 2 amide bonds. The average Bonchev–Trinajstić information content (AvgIpc) is 3.08. The van der Waals surface area contributed by atoms with Crippen molar-refractivity contribution < 1.29 is 28.3 Å². The number of esters is 1. The number of fused-ring (bicyclic) bond motifs is 3. The fourth-order valence-corrected chi connectivity index (χ4v) is 4.94. The Hall–Kier alpha value is -3.88. The lowest BCUT2D eigenvalue weighted by atomic mass is 9.92. The lowest BCUT2D eigenvalue weighted by molar-refractivity contribution is 0.0592. The van der Waals surface area contributed by atoms with E-state index in [1.165, 1.54) is 14.2 Å². The van der Waals surface area contributed by atoms with Crippen LogP contribution in [0.15, 0.2) is 27.4 Å². The van der Waals surface area contributed by atoms with Gasteiger partial charge in [-0.1, -0.05) is 19.3 Å². The molecule has 9 nitrogen and oxygen atoms in total. The minimum atomic E-state index is -0.887. The van der Waals surface area contributed by atoms with E-state index in [0.29, 0.717) is 5.75 Å². The Kier molecular flexibility index (Phi) is 5.27. The monoisotopic (exact) mass is 464 g/mol. The minimum absolute atomic E-state index is 0.0244. The second-order valence-corrected chi connectivity index (χ2v) is 8.64. The molecule has 1 aliphatic heterocycles. The molecular weight excluding hydrogens is 440 g/mol. The van der Waals surface area contributed by atoms with Gasteiger partial charge in [-0.25, -0.2) is 4.79 Å². The van der Waals surface area contributed by atoms with Crippen molar-refractivity contribution in [1.29, 1.82) is 0 Å². The highest BCUT2D eigenvalue weighted by atomic mass is 16.5. The highest BCUT2D eigenvalue weighted by molar-refractivity contribution is 6.31. The lowest BCUT2D eigenvalue weighted by Crippen LogP contribution is -2.26. The predicted molar refractivity (Wildman–Crippen MR) is 125 cm³/mol. The van der Waals surface area contributed by atoms with Crippen LogP contribution in [-0.4, -0.2) is 50.0 Å². The van der Waals surface area contributed by atoms with Crippen molar-refractivity contribution in [2.24, 2.45) is 0 Å². The number of rotatable bonds is 4. The van der Waals surface area contributed by atoms with E-state index >= 15 is 0 Å². The van der Waals surface area contributed by atoms with Gasteiger partial charge in [0.25, 0.3) is 11.8 Å². The van der Waals surface area contributed by atoms with E-state index in [2.05, 4.69) is 5.32 Å². The van der Waals surface area contributed by atoms with Crippen molar-refractivity contribution in [2.45, 2.75) is 38.1 Å². The van der Waals surface area contributed by atoms with Gasteiger partial charge >= 0.3 is 5.97 Å². The van der Waals surface area contributed by atoms with Crippen LogP contribution in [0.1, 0.15) is 63.2 Å². The Labute approximate surface area is 194 Å². The fourth-order valence-electron chi connectivity index (χ4n) is 4.94. The molecular formula is C25H24N2O7. The van der Waals surface area contributed by atoms with Crippen LogP contribution in [0, 0.1) is 0 Å². The molecule has 1 aliphatic carbocycles. The zero-order valence-electron chi connectivity index (χ0n) is 19.1. The van der Waals surface area contributed by atoms with Crippen molar-refractivity contribution >= 4 is 45.4 Å². The summed E-state index contributed by atoms with van der Waals surface area (Å²) in [7, 11) is 4.00. The lowest BCUT2D eigenvalue weighted by Gasteiger charge is -2.25. The van der Waals surface area contributed by atoms with Crippen molar-refractivity contribution in [3.8, 4) is 5.75 Å². The molecule has 176 valence electrons. The van der Waals surface area contributed by atoms with Crippen LogP contribution >= 0.6 is 0 Å². The predicted octanol–water partition coefficient (Wildman–Crippen LogP) is 3.71. The topological polar surface area (TPSA) is 115 Å². The maximum atomic E-state index is 13.7. The van der Waals surface area contributed by atoms with Crippen LogP contribution in [0.2, 0.25) is 0 Å². The Balaban J connectivity index is 1.94. The molecule has 3 aromatic rings. The zero-order chi connectivity index (χ0) is 24.1. The maximum Gasteiger partial charge on any atom is 0.339 e. The number of hydrogen-bond acceptors (Lipinski definition) is 8. The Morgan fingerprint density at radius 1 is 1.06 bits per heavy atom. The summed E-state index contributed by atoms with van der Waals surface area (Å²) in [5.41, 5.74) is -0.313. The zero-order valence-corrected chi connectivity index (χ0v) is 19.1. The normalized spacial score (nSPS) is 16.3. The smallest absolute Gasteiger partial charge is 0.339 e. The first-order valence-electron chi connectivity index (χ1n) is 11.2. The molecule has 0 saturated heterocycles. The van der Waals surface area contributed by atoms with Crippen molar-refractivity contribution in [3.05, 3.63) is 45.1 Å². The summed E-state index contributed by atoms with van der Waals surface area (Å²) in [5.74, 6) is -1.64. The minimum Gasteiger partial charge on any atom is -0.497 e. The summed E-state index contributed by atoms with van der Waals surface area (Å²) in [6.45, 7) is 0. The Morgan fingerprint density at radius 3 is 2.44 bits per heavy atom. The van der Waals surface area contributed by atoms with E-state index in [9.17, 15) is 19.2 Å². The molecule has 5 rings (SSSR count). The Bertz CT molecular complexity index is 1430. The number of ether oxygens (including phenoxy) is 2. The van der Waals surface area contributed by atoms with E-state index in [1.54, 1.807) is 18.2 Å². The van der Waals surface area contributed by atoms with Crippen molar-refractivity contribution in [2.75, 3.05) is 26.6 Å². The molecule has 0 bridgehead atoms. The molecule has 0 radical (unpaired) electrons. The van der Waals surface area contributed by atoms with Crippen molar-refractivity contribution in [1.82, 2.24) is 4.90 Å². The van der Waals surface area contributed by atoms with Crippen LogP contribution in [0.5, 0.6) is 5.75 Å². The SMILES string of the molecule is COC(=O)c1c2c(c(NC3CCCCC3)c3oc4cc(OC)ccc4c(=O)c13)C(=O)N(C)C2=O. The first-order chi connectivity index (χ1) is 16.4. The van der Waals surface area contributed by atoms with Crippen LogP contribution < -0.4 is 15.5 Å². The summed E-state index contributed by atoms with van der Waals surface area (Å²) >= 11 is 0. The standard InChI is InChI=1S/C25H24N2O7/c1-27-23(29)16-17(25(31)33-3)19-21(28)14-10-9-13(32-2)11-15(14)34-22(19)20(18(16)24(27)30)26-12-7-5-4-6-8-12/h9-12,26H,4-8H2,1-3H3. The van der Waals surface area contributed by atoms with E-state index in [4.69, 9.17) is 13.9 Å². The first-order valence-corrected chi connectivity index (χ1v) is 11.2. The quantitative estimate of drug-likeness (QED) is 0.353. The summed E-state index contributed by atoms with van der Waals surface area (Å²) in [4.78, 5) is 53.9. The molecule has 2 aromatic carbocycles. The van der Waals surface area contributed by atoms with Gasteiger partial charge in [-0.3, -0.25) is 19.3 Å². The molecule has 0 unspecified atom stereocenters. The second kappa shape index (κ2) is 8.16. The number of hydrogen-bond donors (Lipinski definition) is 1. The number of anilines is 1. The van der Waals surface area contributed by atoms with Gasteiger partial charge in [0.15, 0.2) is 5.58 Å². The van der Waals surface area contributed by atoms with Gasteiger partial charge in [-0.15, -0.1) is 0 Å². The van der Waals surface area contributed by atoms with Gasteiger partial charge in [0.1, 0.15) is 11.3 Å². The maximum absolute atomic E-state index is 13.7. The van der Waals surface area contributed by atoms with Gasteiger partial charge < -0.3 is 19.2 Å². The highest BCUT2D eigenvalue weighted by Crippen LogP contribution is 2.41. The molecule has 1 aromatic heterocycles. The van der Waals surface area contributed by atoms with E-state index in [-0.39, 0.29) is 50.4 Å². The van der Waals surface area contributed by atoms with Gasteiger partial charge in [-0.05, 0) is 25.0 Å². The molecule has 1 saturated carbocycles. The number of methoxy groups -OCH3 is 2. The average molecular weight is 464 g/mol. The third-order valence-corrected chi connectivity index (χ3v) is 6.71. The van der Waals surface area contributed by atoms with Gasteiger partial charge in [0, 0.05) is 19.2 Å². The number of benzene rings is 2. The third-order valence-electron chi connectivity index (χ3n) is 6.71. The summed E-state index contributed by atoms with van der Waals surface area (Å²) < 4.78 is 16.4. The largest absolute Gasteiger partial charge is 0.497 e. The summed E-state index contributed by atoms with van der Waals surface area (Å²) in [6, 6.07) is 4.76. The summed E-state index contributed by atoms with van der Waals surface area (Å²) in [5, 5.41) is 3.51. The van der Waals surface area contributed by atoms with Gasteiger partial charge in [0.05, 0.1) is 47.4 Å². The molecule has 9 heteroatoms. The van der Waals surface area contributed by atoms with Crippen LogP contribution in [0.4, 0.5) is 5.69 Å². The highest BCUT2D eigenvalue weighted by Gasteiger charge is 2.43. The number of imide groups is 1. The number of carbonyl (C=O) groups is 3. The van der Waals surface area contributed by atoms with Crippen molar-refractivity contribution in [3.63, 3.8) is 0 Å². The fraction of sp³-hybridized carbons (Fsp3) is 0.360. The first kappa shape index (κ1) is 21.9. The molecule has 1 fully saturated rings. The number of amides is 2.